The van der Waals surface area contributed by atoms with Crippen LogP contribution in [0.2, 0.25) is 10.0 Å². The molecule has 1 aromatic carbocycles. The minimum absolute atomic E-state index is 0.683. The van der Waals surface area contributed by atoms with E-state index in [4.69, 9.17) is 23.2 Å². The van der Waals surface area contributed by atoms with E-state index in [1.54, 1.807) is 6.07 Å². The van der Waals surface area contributed by atoms with E-state index in [1.807, 2.05) is 12.1 Å². The zero-order valence-corrected chi connectivity index (χ0v) is 10.1. The molecule has 1 aliphatic rings. The van der Waals surface area contributed by atoms with Crippen molar-refractivity contribution in [3.05, 3.63) is 33.8 Å². The molecule has 0 atom stereocenters. The molecule has 0 heterocycles. The zero-order chi connectivity index (χ0) is 10.7. The Morgan fingerprint density at radius 2 is 1.67 bits per heavy atom. The fourth-order valence-corrected chi connectivity index (χ4v) is 2.68. The molecule has 1 N–H and O–H groups in total. The fraction of sp³-hybridized carbons (Fsp3) is 0.500. The van der Waals surface area contributed by atoms with Crippen molar-refractivity contribution in [1.29, 1.82) is 0 Å². The molecule has 82 valence electrons. The van der Waals surface area contributed by atoms with Gasteiger partial charge in [-0.2, -0.15) is 0 Å². The second-order valence-electron chi connectivity index (χ2n) is 4.14. The van der Waals surface area contributed by atoms with Gasteiger partial charge < -0.3 is 5.32 Å². The Labute approximate surface area is 101 Å². The van der Waals surface area contributed by atoms with Gasteiger partial charge in [0.25, 0.3) is 0 Å². The molecule has 1 aliphatic carbocycles. The molecule has 0 bridgehead atoms. The second-order valence-corrected chi connectivity index (χ2v) is 5.01. The average Bonchev–Trinajstić information content (AvgIpc) is 2.65. The Balaban J connectivity index is 1.92. The van der Waals surface area contributed by atoms with Crippen LogP contribution in [0.1, 0.15) is 31.2 Å². The van der Waals surface area contributed by atoms with Crippen molar-refractivity contribution in [3.8, 4) is 0 Å². The van der Waals surface area contributed by atoms with Gasteiger partial charge in [-0.3, -0.25) is 0 Å². The molecule has 1 saturated carbocycles. The fourth-order valence-electron chi connectivity index (χ4n) is 2.11. The molecule has 1 aromatic rings. The molecule has 15 heavy (non-hydrogen) atoms. The number of halogens is 2. The Hall–Kier alpha value is -0.240. The molecule has 3 heteroatoms. The van der Waals surface area contributed by atoms with E-state index in [-0.39, 0.29) is 0 Å². The molecule has 0 saturated heterocycles. The van der Waals surface area contributed by atoms with Crippen LogP contribution in [-0.2, 0) is 6.54 Å². The third-order valence-corrected chi connectivity index (χ3v) is 3.31. The van der Waals surface area contributed by atoms with Gasteiger partial charge in [0.2, 0.25) is 0 Å². The van der Waals surface area contributed by atoms with E-state index < -0.39 is 0 Å². The first-order chi connectivity index (χ1) is 7.24. The van der Waals surface area contributed by atoms with Crippen LogP contribution in [0.25, 0.3) is 0 Å². The van der Waals surface area contributed by atoms with Crippen LogP contribution in [0.3, 0.4) is 0 Å². The SMILES string of the molecule is Clc1cc(Cl)cc(CNC2CCCC2)c1. The quantitative estimate of drug-likeness (QED) is 0.846. The lowest BCUT2D eigenvalue weighted by atomic mass is 10.2. The van der Waals surface area contributed by atoms with Crippen LogP contribution in [0.5, 0.6) is 0 Å². The van der Waals surface area contributed by atoms with E-state index in [2.05, 4.69) is 5.32 Å². The zero-order valence-electron chi connectivity index (χ0n) is 8.60. The Morgan fingerprint density at radius 3 is 2.27 bits per heavy atom. The highest BCUT2D eigenvalue weighted by Gasteiger charge is 2.13. The predicted octanol–water partition coefficient (Wildman–Crippen LogP) is 4.03. The highest BCUT2D eigenvalue weighted by molar-refractivity contribution is 6.34. The molecule has 0 spiro atoms. The largest absolute Gasteiger partial charge is 0.310 e. The monoisotopic (exact) mass is 243 g/mol. The van der Waals surface area contributed by atoms with Crippen molar-refractivity contribution in [2.24, 2.45) is 0 Å². The molecular formula is C12H15Cl2N. The van der Waals surface area contributed by atoms with E-state index in [9.17, 15) is 0 Å². The average molecular weight is 244 g/mol. The lowest BCUT2D eigenvalue weighted by Crippen LogP contribution is -2.25. The molecule has 1 nitrogen and oxygen atoms in total. The van der Waals surface area contributed by atoms with Gasteiger partial charge in [0.15, 0.2) is 0 Å². The standard InChI is InChI=1S/C12H15Cl2N/c13-10-5-9(6-11(14)7-10)8-15-12-3-1-2-4-12/h5-7,12,15H,1-4,8H2. The minimum Gasteiger partial charge on any atom is -0.310 e. The van der Waals surface area contributed by atoms with Crippen molar-refractivity contribution in [1.82, 2.24) is 5.32 Å². The lowest BCUT2D eigenvalue weighted by molar-refractivity contribution is 0.524. The summed E-state index contributed by atoms with van der Waals surface area (Å²) in [5.74, 6) is 0. The number of hydrogen-bond acceptors (Lipinski definition) is 1. The third-order valence-electron chi connectivity index (χ3n) is 2.87. The minimum atomic E-state index is 0.683. The molecular weight excluding hydrogens is 229 g/mol. The van der Waals surface area contributed by atoms with Gasteiger partial charge >= 0.3 is 0 Å². The van der Waals surface area contributed by atoms with Gasteiger partial charge in [0, 0.05) is 22.6 Å². The molecule has 2 rings (SSSR count). The molecule has 0 amide bonds. The van der Waals surface area contributed by atoms with E-state index in [1.165, 1.54) is 31.2 Å². The van der Waals surface area contributed by atoms with Crippen LogP contribution in [0, 0.1) is 0 Å². The maximum absolute atomic E-state index is 5.93. The molecule has 0 aliphatic heterocycles. The first kappa shape index (κ1) is 11.3. The van der Waals surface area contributed by atoms with Crippen LogP contribution in [0.15, 0.2) is 18.2 Å². The summed E-state index contributed by atoms with van der Waals surface area (Å²) in [4.78, 5) is 0. The summed E-state index contributed by atoms with van der Waals surface area (Å²) in [5.41, 5.74) is 1.17. The topological polar surface area (TPSA) is 12.0 Å². The van der Waals surface area contributed by atoms with Crippen LogP contribution in [-0.4, -0.2) is 6.04 Å². The summed E-state index contributed by atoms with van der Waals surface area (Å²) < 4.78 is 0. The number of hydrogen-bond donors (Lipinski definition) is 1. The Morgan fingerprint density at radius 1 is 1.07 bits per heavy atom. The van der Waals surface area contributed by atoms with Crippen molar-refractivity contribution < 1.29 is 0 Å². The van der Waals surface area contributed by atoms with E-state index >= 15 is 0 Å². The van der Waals surface area contributed by atoms with Gasteiger partial charge in [-0.15, -0.1) is 0 Å². The Bertz CT molecular complexity index is 312. The maximum atomic E-state index is 5.93. The first-order valence-electron chi connectivity index (χ1n) is 5.42. The number of rotatable bonds is 3. The molecule has 0 aromatic heterocycles. The summed E-state index contributed by atoms with van der Waals surface area (Å²) in [6, 6.07) is 6.38. The van der Waals surface area contributed by atoms with Gasteiger partial charge in [-0.05, 0) is 36.6 Å². The summed E-state index contributed by atoms with van der Waals surface area (Å²) in [6.07, 6.45) is 5.31. The normalized spacial score (nSPS) is 17.2. The van der Waals surface area contributed by atoms with Crippen LogP contribution < -0.4 is 5.32 Å². The van der Waals surface area contributed by atoms with Crippen molar-refractivity contribution >= 4 is 23.2 Å². The van der Waals surface area contributed by atoms with Crippen LogP contribution >= 0.6 is 23.2 Å². The number of benzene rings is 1. The summed E-state index contributed by atoms with van der Waals surface area (Å²) in [6.45, 7) is 0.866. The van der Waals surface area contributed by atoms with Gasteiger partial charge in [0.05, 0.1) is 0 Å². The van der Waals surface area contributed by atoms with E-state index in [0.29, 0.717) is 16.1 Å². The smallest absolute Gasteiger partial charge is 0.0424 e. The van der Waals surface area contributed by atoms with Crippen LogP contribution in [0.4, 0.5) is 0 Å². The lowest BCUT2D eigenvalue weighted by Gasteiger charge is -2.12. The number of nitrogens with one attached hydrogen (secondary N) is 1. The highest BCUT2D eigenvalue weighted by Crippen LogP contribution is 2.21. The van der Waals surface area contributed by atoms with Crippen molar-refractivity contribution in [2.45, 2.75) is 38.3 Å². The highest BCUT2D eigenvalue weighted by atomic mass is 35.5. The van der Waals surface area contributed by atoms with Gasteiger partial charge in [-0.25, -0.2) is 0 Å². The molecule has 1 fully saturated rings. The van der Waals surface area contributed by atoms with Crippen molar-refractivity contribution in [2.75, 3.05) is 0 Å². The second kappa shape index (κ2) is 5.20. The third kappa shape index (κ3) is 3.37. The van der Waals surface area contributed by atoms with Gasteiger partial charge in [-0.1, -0.05) is 36.0 Å². The predicted molar refractivity (Wildman–Crippen MR) is 65.6 cm³/mol. The molecule has 0 unspecified atom stereocenters. The van der Waals surface area contributed by atoms with Gasteiger partial charge in [0.1, 0.15) is 0 Å². The maximum Gasteiger partial charge on any atom is 0.0424 e. The Kier molecular flexibility index (Phi) is 3.90. The summed E-state index contributed by atoms with van der Waals surface area (Å²) in [5, 5.41) is 4.96. The molecule has 0 radical (unpaired) electrons. The summed E-state index contributed by atoms with van der Waals surface area (Å²) in [7, 11) is 0. The van der Waals surface area contributed by atoms with E-state index in [0.717, 1.165) is 6.54 Å². The first-order valence-corrected chi connectivity index (χ1v) is 6.18. The van der Waals surface area contributed by atoms with Crippen molar-refractivity contribution in [3.63, 3.8) is 0 Å². The summed E-state index contributed by atoms with van der Waals surface area (Å²) >= 11 is 11.9.